The van der Waals surface area contributed by atoms with Crippen molar-refractivity contribution in [3.05, 3.63) is 29.8 Å². The van der Waals surface area contributed by atoms with Crippen molar-refractivity contribution < 1.29 is 39.2 Å². The Bertz CT molecular complexity index is 1330. The number of amides is 2. The van der Waals surface area contributed by atoms with Gasteiger partial charge < -0.3 is 30.7 Å². The lowest BCUT2D eigenvalue weighted by atomic mass is 9.43. The van der Waals surface area contributed by atoms with Crippen molar-refractivity contribution >= 4 is 29.4 Å². The van der Waals surface area contributed by atoms with Gasteiger partial charge in [-0.1, -0.05) is 26.8 Å². The number of esters is 1. The number of carboxylic acid groups (broad SMARTS) is 1. The number of benzene rings is 1. The summed E-state index contributed by atoms with van der Waals surface area (Å²) in [6, 6.07) is 5.09. The first-order valence-electron chi connectivity index (χ1n) is 17.6. The van der Waals surface area contributed by atoms with E-state index >= 15 is 0 Å². The molecule has 10 heteroatoms. The number of nitrogens with one attached hydrogen (secondary N) is 2. The number of hydrogen-bond donors (Lipinski definition) is 5. The molecule has 5 N–H and O–H groups in total. The van der Waals surface area contributed by atoms with Crippen LogP contribution >= 0.6 is 0 Å². The van der Waals surface area contributed by atoms with E-state index in [9.17, 15) is 34.5 Å². The predicted molar refractivity (Wildman–Crippen MR) is 176 cm³/mol. The van der Waals surface area contributed by atoms with E-state index in [2.05, 4.69) is 31.4 Å². The summed E-state index contributed by atoms with van der Waals surface area (Å²) in [5, 5.41) is 36.9. The lowest BCUT2D eigenvalue weighted by Crippen LogP contribution is -2.58. The highest BCUT2D eigenvalue weighted by atomic mass is 16.5. The van der Waals surface area contributed by atoms with Gasteiger partial charge in [0.2, 0.25) is 11.8 Å². The van der Waals surface area contributed by atoms with Crippen LogP contribution in [0.5, 0.6) is 0 Å². The van der Waals surface area contributed by atoms with Crippen LogP contribution in [0.2, 0.25) is 0 Å². The fraction of sp³-hybridized carbons (Fsp3) is 0.730. The molecule has 0 bridgehead atoms. The second-order valence-electron chi connectivity index (χ2n) is 15.6. The Hall–Kier alpha value is -2.98. The number of aliphatic carboxylic acids is 1. The molecule has 11 atom stereocenters. The number of carboxylic acids is 1. The van der Waals surface area contributed by atoms with Crippen molar-refractivity contribution in [2.24, 2.45) is 46.3 Å². The van der Waals surface area contributed by atoms with E-state index in [0.29, 0.717) is 35.8 Å². The van der Waals surface area contributed by atoms with E-state index in [1.165, 1.54) is 13.2 Å². The number of methoxy groups -OCH3 is 1. The maximum Gasteiger partial charge on any atom is 0.337 e. The molecule has 2 amide bonds. The first kappa shape index (κ1) is 35.3. The number of hydrogen-bond acceptors (Lipinski definition) is 7. The maximum absolute atomic E-state index is 13.0. The van der Waals surface area contributed by atoms with Gasteiger partial charge in [-0.15, -0.1) is 0 Å². The SMILES string of the molecule is COC(=O)c1cccc(NC(=O)CC[C@H](NC(=O)CC[C@@H](C)[C@H]2CC[C@H]3[C@@H]4[C@H](O)C[C@H]5C[C@H](O)CC[C@]5(C)[C@H]4CC[C@]23C)C(=O)O)c1. The lowest BCUT2D eigenvalue weighted by Gasteiger charge is -2.62. The van der Waals surface area contributed by atoms with E-state index in [1.54, 1.807) is 18.2 Å². The van der Waals surface area contributed by atoms with Crippen LogP contribution in [0.1, 0.15) is 108 Å². The number of anilines is 1. The number of fused-ring (bicyclic) bond motifs is 5. The lowest BCUT2D eigenvalue weighted by molar-refractivity contribution is -0.174. The van der Waals surface area contributed by atoms with Gasteiger partial charge in [-0.3, -0.25) is 9.59 Å². The Morgan fingerprint density at radius 1 is 0.936 bits per heavy atom. The average molecular weight is 655 g/mol. The highest BCUT2D eigenvalue weighted by Gasteiger charge is 2.62. The molecule has 0 heterocycles. The number of aliphatic hydroxyl groups excluding tert-OH is 2. The summed E-state index contributed by atoms with van der Waals surface area (Å²) in [6.45, 7) is 7.04. The summed E-state index contributed by atoms with van der Waals surface area (Å²) >= 11 is 0. The van der Waals surface area contributed by atoms with Gasteiger partial charge in [0, 0.05) is 18.5 Å². The third-order valence-electron chi connectivity index (χ3n) is 13.1. The Balaban J connectivity index is 1.12. The Morgan fingerprint density at radius 3 is 2.36 bits per heavy atom. The zero-order valence-electron chi connectivity index (χ0n) is 28.4. The second-order valence-corrected chi connectivity index (χ2v) is 15.6. The molecule has 0 radical (unpaired) electrons. The van der Waals surface area contributed by atoms with Gasteiger partial charge in [0.15, 0.2) is 0 Å². The number of rotatable bonds is 11. The minimum absolute atomic E-state index is 0.0643. The van der Waals surface area contributed by atoms with Crippen molar-refractivity contribution in [2.75, 3.05) is 12.4 Å². The zero-order valence-corrected chi connectivity index (χ0v) is 28.4. The summed E-state index contributed by atoms with van der Waals surface area (Å²) in [5.41, 5.74) is 0.959. The molecule has 260 valence electrons. The van der Waals surface area contributed by atoms with Crippen molar-refractivity contribution in [2.45, 2.75) is 116 Å². The molecule has 0 aromatic heterocycles. The molecule has 0 unspecified atom stereocenters. The van der Waals surface area contributed by atoms with Crippen LogP contribution in [0.3, 0.4) is 0 Å². The molecular formula is C37H54N2O8. The molecule has 0 spiro atoms. The maximum atomic E-state index is 13.0. The molecule has 4 fully saturated rings. The standard InChI is InChI=1S/C37H54N2O8/c1-21(8-12-32(43)39-29(34(44)45)11-13-31(42)38-24-7-5-6-22(18-24)35(46)47-4)26-9-10-27-33-28(15-17-37(26,27)3)36(2)16-14-25(40)19-23(36)20-30(33)41/h5-7,18,21,23,25-30,33,40-41H,8-17,19-20H2,1-4H3,(H,38,42)(H,39,43)(H,44,45)/t21-,23-,25-,26-,27+,28+,29+,30-,33+,36+,37-/m1/s1. The molecule has 10 nitrogen and oxygen atoms in total. The Morgan fingerprint density at radius 2 is 1.64 bits per heavy atom. The van der Waals surface area contributed by atoms with Crippen LogP contribution in [0, 0.1) is 46.3 Å². The minimum atomic E-state index is -1.19. The van der Waals surface area contributed by atoms with Crippen LogP contribution in [0.25, 0.3) is 0 Å². The first-order chi connectivity index (χ1) is 22.3. The van der Waals surface area contributed by atoms with Crippen LogP contribution < -0.4 is 10.6 Å². The second kappa shape index (κ2) is 14.2. The largest absolute Gasteiger partial charge is 0.480 e. The quantitative estimate of drug-likeness (QED) is 0.204. The average Bonchev–Trinajstić information content (AvgIpc) is 3.39. The minimum Gasteiger partial charge on any atom is -0.480 e. The van der Waals surface area contributed by atoms with E-state index < -0.39 is 23.9 Å². The van der Waals surface area contributed by atoms with Crippen molar-refractivity contribution in [3.63, 3.8) is 0 Å². The molecule has 0 aliphatic heterocycles. The fourth-order valence-corrected chi connectivity index (χ4v) is 10.6. The van der Waals surface area contributed by atoms with Crippen molar-refractivity contribution in [1.82, 2.24) is 5.32 Å². The first-order valence-corrected chi connectivity index (χ1v) is 17.6. The highest BCUT2D eigenvalue weighted by Crippen LogP contribution is 2.68. The zero-order chi connectivity index (χ0) is 34.1. The van der Waals surface area contributed by atoms with Gasteiger partial charge in [-0.2, -0.15) is 0 Å². The van der Waals surface area contributed by atoms with E-state index in [1.807, 2.05) is 0 Å². The van der Waals surface area contributed by atoms with Gasteiger partial charge in [-0.25, -0.2) is 9.59 Å². The topological polar surface area (TPSA) is 162 Å². The monoisotopic (exact) mass is 654 g/mol. The van der Waals surface area contributed by atoms with Crippen molar-refractivity contribution in [3.8, 4) is 0 Å². The van der Waals surface area contributed by atoms with Crippen LogP contribution in [-0.2, 0) is 19.1 Å². The third-order valence-corrected chi connectivity index (χ3v) is 13.1. The van der Waals surface area contributed by atoms with E-state index in [-0.39, 0.29) is 65.6 Å². The number of aliphatic hydroxyl groups is 2. The van der Waals surface area contributed by atoms with E-state index in [0.717, 1.165) is 51.4 Å². The predicted octanol–water partition coefficient (Wildman–Crippen LogP) is 5.17. The molecule has 1 aromatic rings. The van der Waals surface area contributed by atoms with Gasteiger partial charge in [0.1, 0.15) is 6.04 Å². The summed E-state index contributed by atoms with van der Waals surface area (Å²) < 4.78 is 4.70. The van der Waals surface area contributed by atoms with Gasteiger partial charge in [0.25, 0.3) is 0 Å². The molecule has 4 aliphatic rings. The van der Waals surface area contributed by atoms with Gasteiger partial charge >= 0.3 is 11.9 Å². The van der Waals surface area contributed by atoms with Crippen LogP contribution in [-0.4, -0.2) is 64.4 Å². The summed E-state index contributed by atoms with van der Waals surface area (Å²) in [5.74, 6) is -0.158. The van der Waals surface area contributed by atoms with E-state index in [4.69, 9.17) is 4.74 Å². The number of carbonyl (C=O) groups is 4. The smallest absolute Gasteiger partial charge is 0.337 e. The molecular weight excluding hydrogens is 600 g/mol. The van der Waals surface area contributed by atoms with Gasteiger partial charge in [0.05, 0.1) is 24.9 Å². The summed E-state index contributed by atoms with van der Waals surface area (Å²) in [4.78, 5) is 49.2. The molecule has 1 aromatic carbocycles. The normalized spacial score (nSPS) is 35.7. The third kappa shape index (κ3) is 7.24. The molecule has 5 rings (SSSR count). The summed E-state index contributed by atoms with van der Waals surface area (Å²) in [7, 11) is 1.27. The summed E-state index contributed by atoms with van der Waals surface area (Å²) in [6.07, 6.45) is 8.00. The van der Waals surface area contributed by atoms with Crippen molar-refractivity contribution in [1.29, 1.82) is 0 Å². The van der Waals surface area contributed by atoms with Crippen LogP contribution in [0.15, 0.2) is 24.3 Å². The molecule has 4 saturated carbocycles. The molecule has 4 aliphatic carbocycles. The number of ether oxygens (including phenoxy) is 1. The Kier molecular flexibility index (Phi) is 10.7. The molecule has 0 saturated heterocycles. The number of carbonyl (C=O) groups excluding carboxylic acids is 3. The van der Waals surface area contributed by atoms with Crippen LogP contribution in [0.4, 0.5) is 5.69 Å². The highest BCUT2D eigenvalue weighted by molar-refractivity contribution is 5.94. The molecule has 47 heavy (non-hydrogen) atoms. The fourth-order valence-electron chi connectivity index (χ4n) is 10.6. The Labute approximate surface area is 278 Å². The van der Waals surface area contributed by atoms with Gasteiger partial charge in [-0.05, 0) is 129 Å².